The number of morpholine rings is 1. The van der Waals surface area contributed by atoms with E-state index in [0.29, 0.717) is 13.1 Å². The van der Waals surface area contributed by atoms with Crippen LogP contribution in [0.1, 0.15) is 32.1 Å². The van der Waals surface area contributed by atoms with Crippen LogP contribution in [0.2, 0.25) is 0 Å². The van der Waals surface area contributed by atoms with E-state index < -0.39 is 7.12 Å². The maximum Gasteiger partial charge on any atom is 0.480 e. The Kier molecular flexibility index (Phi) is 4.70. The molecule has 1 spiro atoms. The molecule has 1 aliphatic carbocycles. The molecule has 26 heavy (non-hydrogen) atoms. The zero-order valence-electron chi connectivity index (χ0n) is 14.9. The number of carbonyl (C=O) groups excluding carboxylic acids is 2. The van der Waals surface area contributed by atoms with Gasteiger partial charge in [-0.05, 0) is 32.1 Å². The van der Waals surface area contributed by atoms with Crippen molar-refractivity contribution in [2.24, 2.45) is 5.41 Å². The molecule has 4 fully saturated rings. The number of urea groups is 1. The zero-order valence-corrected chi connectivity index (χ0v) is 14.9. The van der Waals surface area contributed by atoms with Crippen molar-refractivity contribution in [3.05, 3.63) is 11.5 Å². The number of hydrogen-bond acceptors (Lipinski definition) is 5. The molecule has 0 aromatic rings. The van der Waals surface area contributed by atoms with Crippen molar-refractivity contribution in [1.29, 1.82) is 0 Å². The zero-order chi connectivity index (χ0) is 18.3. The van der Waals surface area contributed by atoms with Crippen LogP contribution >= 0.6 is 0 Å². The minimum Gasteiger partial charge on any atom is -0.424 e. The summed E-state index contributed by atoms with van der Waals surface area (Å²) in [6.45, 7) is 2.84. The van der Waals surface area contributed by atoms with Gasteiger partial charge in [0.2, 0.25) is 5.91 Å². The molecule has 3 aliphatic heterocycles. The van der Waals surface area contributed by atoms with Gasteiger partial charge in [-0.2, -0.15) is 0 Å². The maximum atomic E-state index is 12.8. The highest BCUT2D eigenvalue weighted by atomic mass is 16.5. The van der Waals surface area contributed by atoms with Crippen molar-refractivity contribution in [2.75, 3.05) is 32.8 Å². The molecule has 4 aliphatic rings. The number of nitrogens with one attached hydrogen (secondary N) is 1. The van der Waals surface area contributed by atoms with E-state index in [0.717, 1.165) is 50.8 Å². The molecule has 0 aromatic heterocycles. The average molecular weight is 363 g/mol. The second-order valence-electron chi connectivity index (χ2n) is 8.14. The second kappa shape index (κ2) is 6.86. The number of carbonyl (C=O) groups is 2. The molecule has 3 heterocycles. The third kappa shape index (κ3) is 3.48. The largest absolute Gasteiger partial charge is 0.480 e. The van der Waals surface area contributed by atoms with Crippen LogP contribution in [0.15, 0.2) is 11.5 Å². The number of fused-ring (bicyclic) bond motifs is 1. The molecule has 3 saturated heterocycles. The monoisotopic (exact) mass is 363 g/mol. The van der Waals surface area contributed by atoms with Gasteiger partial charge in [0.25, 0.3) is 0 Å². The molecule has 0 radical (unpaired) electrons. The molecular weight excluding hydrogens is 337 g/mol. The minimum absolute atomic E-state index is 0.0184. The fourth-order valence-corrected chi connectivity index (χ4v) is 4.77. The Morgan fingerprint density at radius 1 is 1.27 bits per heavy atom. The van der Waals surface area contributed by atoms with Crippen molar-refractivity contribution < 1.29 is 24.4 Å². The Balaban J connectivity index is 1.28. The van der Waals surface area contributed by atoms with Crippen LogP contribution in [-0.2, 0) is 9.53 Å². The third-order valence-corrected chi connectivity index (χ3v) is 6.26. The second-order valence-corrected chi connectivity index (χ2v) is 8.14. The van der Waals surface area contributed by atoms with E-state index >= 15 is 0 Å². The van der Waals surface area contributed by atoms with Gasteiger partial charge in [-0.1, -0.05) is 11.5 Å². The van der Waals surface area contributed by atoms with Gasteiger partial charge in [0.15, 0.2) is 0 Å². The van der Waals surface area contributed by atoms with E-state index in [9.17, 15) is 9.59 Å². The molecule has 8 nitrogen and oxygen atoms in total. The lowest BCUT2D eigenvalue weighted by atomic mass is 9.66. The van der Waals surface area contributed by atoms with E-state index in [1.54, 1.807) is 0 Å². The van der Waals surface area contributed by atoms with Crippen LogP contribution in [0.3, 0.4) is 0 Å². The summed E-state index contributed by atoms with van der Waals surface area (Å²) >= 11 is 0. The summed E-state index contributed by atoms with van der Waals surface area (Å²) in [5.41, 5.74) is 1.29. The van der Waals surface area contributed by atoms with Crippen molar-refractivity contribution in [3.63, 3.8) is 0 Å². The van der Waals surface area contributed by atoms with Gasteiger partial charge in [-0.3, -0.25) is 4.79 Å². The number of amides is 3. The van der Waals surface area contributed by atoms with Gasteiger partial charge in [0.1, 0.15) is 6.61 Å². The molecule has 0 bridgehead atoms. The first-order valence-electron chi connectivity index (χ1n) is 9.45. The Morgan fingerprint density at radius 3 is 2.69 bits per heavy atom. The van der Waals surface area contributed by atoms with E-state index in [-0.39, 0.29) is 36.1 Å². The minimum atomic E-state index is -1.37. The van der Waals surface area contributed by atoms with Crippen molar-refractivity contribution in [2.45, 2.75) is 44.2 Å². The van der Waals surface area contributed by atoms with E-state index in [1.165, 1.54) is 5.98 Å². The maximum absolute atomic E-state index is 12.8. The summed E-state index contributed by atoms with van der Waals surface area (Å²) in [7, 11) is -1.37. The normalized spacial score (nSPS) is 30.4. The predicted molar refractivity (Wildman–Crippen MR) is 94.0 cm³/mol. The predicted octanol–water partition coefficient (Wildman–Crippen LogP) is -0.490. The Hall–Kier alpha value is -1.58. The number of piperidine rings is 1. The van der Waals surface area contributed by atoms with Crippen molar-refractivity contribution in [3.8, 4) is 0 Å². The van der Waals surface area contributed by atoms with E-state index in [1.807, 2.05) is 9.80 Å². The number of ether oxygens (including phenoxy) is 1. The highest BCUT2D eigenvalue weighted by molar-refractivity contribution is 6.47. The van der Waals surface area contributed by atoms with Gasteiger partial charge in [0, 0.05) is 31.6 Å². The molecular formula is C17H26BN3O5. The van der Waals surface area contributed by atoms with Gasteiger partial charge in [-0.25, -0.2) is 4.79 Å². The standard InChI is InChI=1S/C17H26BN3O5/c22-15-9-26-14-3-6-20(8-13(14)19-15)16(23)21-10-17(11-21)4-1-12(2-5-17)7-18(24)25/h7,13-14,24-25H,1-6,8-11H2,(H,19,22)/t13-,14+/m1/s1. The smallest absolute Gasteiger partial charge is 0.424 e. The van der Waals surface area contributed by atoms with Crippen LogP contribution in [0.4, 0.5) is 4.79 Å². The van der Waals surface area contributed by atoms with Crippen molar-refractivity contribution in [1.82, 2.24) is 15.1 Å². The molecule has 0 unspecified atom stereocenters. The third-order valence-electron chi connectivity index (χ3n) is 6.26. The van der Waals surface area contributed by atoms with Crippen LogP contribution in [-0.4, -0.2) is 83.8 Å². The molecule has 3 amide bonds. The van der Waals surface area contributed by atoms with Gasteiger partial charge >= 0.3 is 13.1 Å². The SMILES string of the molecule is O=C1CO[C@H]2CCN(C(=O)N3CC4(CCC(=CB(O)O)CC4)C3)C[C@H]2N1. The highest BCUT2D eigenvalue weighted by Crippen LogP contribution is 2.45. The van der Waals surface area contributed by atoms with Crippen molar-refractivity contribution >= 4 is 19.1 Å². The summed E-state index contributed by atoms with van der Waals surface area (Å²) < 4.78 is 5.55. The molecule has 2 atom stereocenters. The summed E-state index contributed by atoms with van der Waals surface area (Å²) in [4.78, 5) is 28.0. The Morgan fingerprint density at radius 2 is 2.00 bits per heavy atom. The molecule has 1 saturated carbocycles. The van der Waals surface area contributed by atoms with Gasteiger partial charge < -0.3 is 29.9 Å². The first-order valence-corrected chi connectivity index (χ1v) is 9.45. The first-order chi connectivity index (χ1) is 12.4. The van der Waals surface area contributed by atoms with E-state index in [2.05, 4.69) is 5.32 Å². The lowest BCUT2D eigenvalue weighted by molar-refractivity contribution is -0.140. The van der Waals surface area contributed by atoms with Crippen LogP contribution in [0.5, 0.6) is 0 Å². The molecule has 142 valence electrons. The van der Waals surface area contributed by atoms with Crippen LogP contribution < -0.4 is 5.32 Å². The lowest BCUT2D eigenvalue weighted by Gasteiger charge is -2.54. The molecule has 4 rings (SSSR count). The average Bonchev–Trinajstić information content (AvgIpc) is 2.59. The number of likely N-dealkylation sites (tertiary alicyclic amines) is 2. The Labute approximate surface area is 153 Å². The Bertz CT molecular complexity index is 608. The highest BCUT2D eigenvalue weighted by Gasteiger charge is 2.48. The summed E-state index contributed by atoms with van der Waals surface area (Å²) in [6.07, 6.45) is 4.50. The molecule has 0 aromatic carbocycles. The van der Waals surface area contributed by atoms with Crippen LogP contribution in [0, 0.1) is 5.41 Å². The quantitative estimate of drug-likeness (QED) is 0.546. The van der Waals surface area contributed by atoms with Gasteiger partial charge in [0.05, 0.1) is 12.1 Å². The van der Waals surface area contributed by atoms with E-state index in [4.69, 9.17) is 14.8 Å². The molecule has 9 heteroatoms. The van der Waals surface area contributed by atoms with Crippen LogP contribution in [0.25, 0.3) is 0 Å². The number of nitrogens with zero attached hydrogens (tertiary/aromatic N) is 2. The summed E-state index contributed by atoms with van der Waals surface area (Å²) in [6, 6.07) is -0.0440. The summed E-state index contributed by atoms with van der Waals surface area (Å²) in [5, 5.41) is 21.0. The number of rotatable bonds is 1. The first kappa shape index (κ1) is 17.8. The number of hydrogen-bond donors (Lipinski definition) is 3. The fourth-order valence-electron chi connectivity index (χ4n) is 4.77. The summed E-state index contributed by atoms with van der Waals surface area (Å²) in [5.74, 6) is 1.42. The molecule has 3 N–H and O–H groups in total. The lowest BCUT2D eigenvalue weighted by Crippen LogP contribution is -2.66. The number of allylic oxidation sites excluding steroid dienone is 1. The topological polar surface area (TPSA) is 102 Å². The van der Waals surface area contributed by atoms with Gasteiger partial charge in [-0.15, -0.1) is 0 Å². The fraction of sp³-hybridized carbons (Fsp3) is 0.765.